The molecule has 0 spiro atoms. The molecule has 98 valence electrons. The molecule has 1 fully saturated rings. The summed E-state index contributed by atoms with van der Waals surface area (Å²) >= 11 is 0. The molecule has 1 N–H and O–H groups in total. The third kappa shape index (κ3) is 3.20. The number of piperidine rings is 1. The number of hydrogen-bond donors (Lipinski definition) is 1. The molecule has 5 heteroatoms. The van der Waals surface area contributed by atoms with Crippen LogP contribution in [0.2, 0.25) is 0 Å². The maximum absolute atomic E-state index is 11.7. The van der Waals surface area contributed by atoms with Crippen LogP contribution in [0.3, 0.4) is 0 Å². The maximum Gasteiger partial charge on any atom is 0.307 e. The van der Waals surface area contributed by atoms with Crippen molar-refractivity contribution in [2.75, 3.05) is 19.6 Å². The molecular weight excluding hydrogens is 230 g/mol. The van der Waals surface area contributed by atoms with E-state index in [9.17, 15) is 4.79 Å². The van der Waals surface area contributed by atoms with Gasteiger partial charge < -0.3 is 9.32 Å². The second-order valence-electron chi connectivity index (χ2n) is 4.46. The van der Waals surface area contributed by atoms with Gasteiger partial charge in [0.15, 0.2) is 5.76 Å². The Balaban J connectivity index is 1.86. The number of rotatable bonds is 3. The molecule has 0 aromatic carbocycles. The summed E-state index contributed by atoms with van der Waals surface area (Å²) in [4.78, 5) is 14.1. The van der Waals surface area contributed by atoms with Gasteiger partial charge in [0.1, 0.15) is 5.76 Å². The Morgan fingerprint density at radius 3 is 2.72 bits per heavy atom. The van der Waals surface area contributed by atoms with Crippen molar-refractivity contribution in [3.05, 3.63) is 23.7 Å². The van der Waals surface area contributed by atoms with Crippen molar-refractivity contribution in [3.8, 4) is 0 Å². The Morgan fingerprint density at radius 1 is 1.44 bits per heavy atom. The number of amides is 1. The number of carbonyl (C=O) groups is 1. The zero-order chi connectivity index (χ0) is 13.0. The van der Waals surface area contributed by atoms with Gasteiger partial charge in [0.25, 0.3) is 0 Å². The van der Waals surface area contributed by atoms with Gasteiger partial charge >= 0.3 is 5.91 Å². The highest BCUT2D eigenvalue weighted by Crippen LogP contribution is 2.08. The van der Waals surface area contributed by atoms with E-state index in [1.165, 1.54) is 0 Å². The van der Waals surface area contributed by atoms with Gasteiger partial charge in [-0.15, -0.1) is 0 Å². The van der Waals surface area contributed by atoms with Crippen molar-refractivity contribution in [1.29, 1.82) is 0 Å². The van der Waals surface area contributed by atoms with Crippen molar-refractivity contribution in [2.24, 2.45) is 5.10 Å². The highest BCUT2D eigenvalue weighted by atomic mass is 16.3. The lowest BCUT2D eigenvalue weighted by atomic mass is 10.1. The zero-order valence-corrected chi connectivity index (χ0v) is 10.9. The number of nitrogens with zero attached hydrogens (tertiary/aromatic N) is 2. The van der Waals surface area contributed by atoms with Crippen LogP contribution >= 0.6 is 0 Å². The van der Waals surface area contributed by atoms with Gasteiger partial charge in [-0.05, 0) is 25.6 Å². The van der Waals surface area contributed by atoms with E-state index in [4.69, 9.17) is 4.42 Å². The largest absolute Gasteiger partial charge is 0.456 e. The van der Waals surface area contributed by atoms with Gasteiger partial charge in [0, 0.05) is 31.6 Å². The molecule has 0 saturated carbocycles. The molecule has 2 heterocycles. The van der Waals surface area contributed by atoms with Gasteiger partial charge in [-0.2, -0.15) is 5.10 Å². The minimum Gasteiger partial charge on any atom is -0.456 e. The lowest BCUT2D eigenvalue weighted by Crippen LogP contribution is -2.34. The lowest BCUT2D eigenvalue weighted by molar-refractivity contribution is 0.0925. The van der Waals surface area contributed by atoms with Crippen molar-refractivity contribution >= 4 is 11.6 Å². The molecule has 0 unspecified atom stereocenters. The van der Waals surface area contributed by atoms with Crippen LogP contribution in [0.15, 0.2) is 21.7 Å². The minimum absolute atomic E-state index is 0.284. The van der Waals surface area contributed by atoms with E-state index < -0.39 is 0 Å². The minimum atomic E-state index is -0.284. The average molecular weight is 249 g/mol. The predicted octanol–water partition coefficient (Wildman–Crippen LogP) is 1.79. The molecule has 2 rings (SSSR count). The third-order valence-corrected chi connectivity index (χ3v) is 3.16. The molecule has 1 aliphatic heterocycles. The number of hydrazone groups is 1. The number of likely N-dealkylation sites (tertiary alicyclic amines) is 1. The van der Waals surface area contributed by atoms with E-state index in [-0.39, 0.29) is 5.91 Å². The van der Waals surface area contributed by atoms with Crippen LogP contribution in [-0.2, 0) is 0 Å². The first-order chi connectivity index (χ1) is 8.69. The van der Waals surface area contributed by atoms with Crippen LogP contribution in [0, 0.1) is 6.92 Å². The van der Waals surface area contributed by atoms with Crippen LogP contribution < -0.4 is 5.43 Å². The number of carbonyl (C=O) groups excluding carboxylic acids is 1. The van der Waals surface area contributed by atoms with Crippen molar-refractivity contribution in [1.82, 2.24) is 10.3 Å². The van der Waals surface area contributed by atoms with Crippen LogP contribution in [0.4, 0.5) is 0 Å². The summed E-state index contributed by atoms with van der Waals surface area (Å²) in [7, 11) is 0. The van der Waals surface area contributed by atoms with E-state index in [0.29, 0.717) is 5.76 Å². The molecule has 1 aliphatic rings. The standard InChI is InChI=1S/C13H19N3O2/c1-3-16-8-6-11(7-9-16)14-15-13(17)12-5-4-10(2)18-12/h4-5H,3,6-9H2,1-2H3,(H,15,17). The van der Waals surface area contributed by atoms with E-state index in [1.807, 2.05) is 6.92 Å². The smallest absolute Gasteiger partial charge is 0.307 e. The zero-order valence-electron chi connectivity index (χ0n) is 10.9. The van der Waals surface area contributed by atoms with Crippen LogP contribution in [0.5, 0.6) is 0 Å². The summed E-state index contributed by atoms with van der Waals surface area (Å²) in [5.41, 5.74) is 3.60. The Kier molecular flexibility index (Phi) is 4.15. The van der Waals surface area contributed by atoms with E-state index in [0.717, 1.165) is 43.9 Å². The molecule has 1 aromatic heterocycles. The monoisotopic (exact) mass is 249 g/mol. The molecule has 1 amide bonds. The Morgan fingerprint density at radius 2 is 2.17 bits per heavy atom. The first-order valence-corrected chi connectivity index (χ1v) is 6.33. The molecule has 0 atom stereocenters. The van der Waals surface area contributed by atoms with Crippen LogP contribution in [0.25, 0.3) is 0 Å². The molecule has 5 nitrogen and oxygen atoms in total. The van der Waals surface area contributed by atoms with E-state index >= 15 is 0 Å². The fourth-order valence-corrected chi connectivity index (χ4v) is 1.98. The topological polar surface area (TPSA) is 57.8 Å². The van der Waals surface area contributed by atoms with Crippen LogP contribution in [0.1, 0.15) is 36.1 Å². The van der Waals surface area contributed by atoms with Crippen molar-refractivity contribution < 1.29 is 9.21 Å². The fourth-order valence-electron chi connectivity index (χ4n) is 1.98. The van der Waals surface area contributed by atoms with E-state index in [1.54, 1.807) is 12.1 Å². The summed E-state index contributed by atoms with van der Waals surface area (Å²) in [6, 6.07) is 3.42. The molecule has 1 aromatic rings. The Bertz CT molecular complexity index is 441. The number of nitrogens with one attached hydrogen (secondary N) is 1. The molecular formula is C13H19N3O2. The van der Waals surface area contributed by atoms with E-state index in [2.05, 4.69) is 22.4 Å². The molecule has 1 saturated heterocycles. The van der Waals surface area contributed by atoms with Gasteiger partial charge in [0.05, 0.1) is 0 Å². The Hall–Kier alpha value is -1.62. The fraction of sp³-hybridized carbons (Fsp3) is 0.538. The van der Waals surface area contributed by atoms with Crippen LogP contribution in [-0.4, -0.2) is 36.2 Å². The summed E-state index contributed by atoms with van der Waals surface area (Å²) in [5, 5.41) is 4.17. The first kappa shape index (κ1) is 12.8. The maximum atomic E-state index is 11.7. The second-order valence-corrected chi connectivity index (χ2v) is 4.46. The average Bonchev–Trinajstić information content (AvgIpc) is 2.83. The highest BCUT2D eigenvalue weighted by Gasteiger charge is 2.14. The predicted molar refractivity (Wildman–Crippen MR) is 69.7 cm³/mol. The molecule has 0 aliphatic carbocycles. The van der Waals surface area contributed by atoms with Crippen molar-refractivity contribution in [2.45, 2.75) is 26.7 Å². The third-order valence-electron chi connectivity index (χ3n) is 3.16. The SMILES string of the molecule is CCN1CCC(=NNC(=O)c2ccc(C)o2)CC1. The molecule has 18 heavy (non-hydrogen) atoms. The summed E-state index contributed by atoms with van der Waals surface area (Å²) in [6.07, 6.45) is 1.84. The first-order valence-electron chi connectivity index (χ1n) is 6.33. The number of aryl methyl sites for hydroxylation is 1. The van der Waals surface area contributed by atoms with Gasteiger partial charge in [0.2, 0.25) is 0 Å². The van der Waals surface area contributed by atoms with Crippen molar-refractivity contribution in [3.63, 3.8) is 0 Å². The Labute approximate surface area is 107 Å². The normalized spacial score (nSPS) is 16.7. The highest BCUT2D eigenvalue weighted by molar-refractivity contribution is 5.93. The molecule has 0 radical (unpaired) electrons. The molecule has 0 bridgehead atoms. The number of hydrogen-bond acceptors (Lipinski definition) is 4. The summed E-state index contributed by atoms with van der Waals surface area (Å²) in [6.45, 7) is 7.08. The quantitative estimate of drug-likeness (QED) is 0.831. The summed E-state index contributed by atoms with van der Waals surface area (Å²) in [5.74, 6) is 0.750. The summed E-state index contributed by atoms with van der Waals surface area (Å²) < 4.78 is 5.23. The van der Waals surface area contributed by atoms with Gasteiger partial charge in [-0.1, -0.05) is 6.92 Å². The van der Waals surface area contributed by atoms with Gasteiger partial charge in [-0.25, -0.2) is 5.43 Å². The van der Waals surface area contributed by atoms with Gasteiger partial charge in [-0.3, -0.25) is 4.79 Å². The number of furan rings is 1. The lowest BCUT2D eigenvalue weighted by Gasteiger charge is -2.25. The second kappa shape index (κ2) is 5.82.